The molecule has 0 amide bonds. The molecule has 1 spiro atoms. The van der Waals surface area contributed by atoms with Crippen molar-refractivity contribution < 1.29 is 24.2 Å². The summed E-state index contributed by atoms with van der Waals surface area (Å²) in [6.07, 6.45) is 11.0. The van der Waals surface area contributed by atoms with E-state index in [-0.39, 0.29) is 41.3 Å². The van der Waals surface area contributed by atoms with Crippen LogP contribution in [-0.2, 0) is 19.1 Å². The van der Waals surface area contributed by atoms with Crippen LogP contribution in [0.3, 0.4) is 0 Å². The maximum absolute atomic E-state index is 12.9. The van der Waals surface area contributed by atoms with E-state index in [9.17, 15) is 14.7 Å². The number of hydrogen-bond donors (Lipinski definition) is 1. The zero-order valence-corrected chi connectivity index (χ0v) is 18.1. The number of hydrogen-bond acceptors (Lipinski definition) is 5. The first kappa shape index (κ1) is 21.0. The molecule has 1 N–H and O–H groups in total. The first-order valence-corrected chi connectivity index (χ1v) is 11.4. The van der Waals surface area contributed by atoms with Crippen molar-refractivity contribution in [1.29, 1.82) is 0 Å². The van der Waals surface area contributed by atoms with Crippen LogP contribution in [0.15, 0.2) is 12.2 Å². The van der Waals surface area contributed by atoms with Crippen molar-refractivity contribution in [2.75, 3.05) is 19.8 Å². The third kappa shape index (κ3) is 3.11. The minimum absolute atomic E-state index is 0.00247. The number of ketones is 1. The van der Waals surface area contributed by atoms with Gasteiger partial charge in [0.25, 0.3) is 0 Å². The molecule has 3 fully saturated rings. The maximum Gasteiger partial charge on any atom is 0.311 e. The highest BCUT2D eigenvalue weighted by Crippen LogP contribution is 2.74. The average molecular weight is 405 g/mol. The zero-order valence-electron chi connectivity index (χ0n) is 18.1. The molecular weight excluding hydrogens is 368 g/mol. The van der Waals surface area contributed by atoms with E-state index in [1.807, 2.05) is 20.8 Å². The molecule has 6 atom stereocenters. The highest BCUT2D eigenvalue weighted by molar-refractivity contribution is 5.83. The second kappa shape index (κ2) is 7.49. The van der Waals surface area contributed by atoms with Gasteiger partial charge in [-0.3, -0.25) is 9.59 Å². The van der Waals surface area contributed by atoms with Gasteiger partial charge >= 0.3 is 5.97 Å². The van der Waals surface area contributed by atoms with Crippen LogP contribution < -0.4 is 0 Å². The predicted molar refractivity (Wildman–Crippen MR) is 109 cm³/mol. The Balaban J connectivity index is 1.64. The van der Waals surface area contributed by atoms with Crippen molar-refractivity contribution in [3.63, 3.8) is 0 Å². The highest BCUT2D eigenvalue weighted by atomic mass is 16.5. The Bertz CT molecular complexity index is 692. The van der Waals surface area contributed by atoms with Crippen LogP contribution in [0.4, 0.5) is 0 Å². The van der Waals surface area contributed by atoms with Crippen LogP contribution >= 0.6 is 0 Å². The van der Waals surface area contributed by atoms with E-state index in [1.165, 1.54) is 0 Å². The van der Waals surface area contributed by atoms with Gasteiger partial charge in [-0.05, 0) is 70.6 Å². The number of Topliss-reactive ketones (excluding diaryl/α,β-unsaturated/α-hetero) is 1. The number of aliphatic hydroxyl groups is 1. The summed E-state index contributed by atoms with van der Waals surface area (Å²) in [6.45, 7) is 6.40. The Labute approximate surface area is 174 Å². The number of rotatable bonds is 6. The lowest BCUT2D eigenvalue weighted by molar-refractivity contribution is -0.156. The summed E-state index contributed by atoms with van der Waals surface area (Å²) in [4.78, 5) is 25.2. The second-order valence-corrected chi connectivity index (χ2v) is 10.6. The van der Waals surface area contributed by atoms with Crippen molar-refractivity contribution in [3.8, 4) is 0 Å². The molecule has 29 heavy (non-hydrogen) atoms. The zero-order chi connectivity index (χ0) is 20.9. The van der Waals surface area contributed by atoms with Gasteiger partial charge in [0.05, 0.1) is 31.3 Å². The number of esters is 1. The van der Waals surface area contributed by atoms with E-state index in [0.717, 1.165) is 38.5 Å². The molecule has 5 nitrogen and oxygen atoms in total. The van der Waals surface area contributed by atoms with Gasteiger partial charge < -0.3 is 14.6 Å². The summed E-state index contributed by atoms with van der Waals surface area (Å²) in [6, 6.07) is 0. The van der Waals surface area contributed by atoms with Crippen molar-refractivity contribution in [2.45, 2.75) is 71.8 Å². The summed E-state index contributed by atoms with van der Waals surface area (Å²) < 4.78 is 12.0. The molecule has 0 heterocycles. The molecule has 162 valence electrons. The predicted octanol–water partition coefficient (Wildman–Crippen LogP) is 3.69. The number of ether oxygens (including phenoxy) is 2. The van der Waals surface area contributed by atoms with Crippen molar-refractivity contribution in [3.05, 3.63) is 12.2 Å². The van der Waals surface area contributed by atoms with Crippen LogP contribution in [0, 0.1) is 34.0 Å². The van der Waals surface area contributed by atoms with Gasteiger partial charge in [0.2, 0.25) is 0 Å². The van der Waals surface area contributed by atoms with Gasteiger partial charge in [-0.1, -0.05) is 12.2 Å². The molecule has 0 saturated heterocycles. The molecule has 4 aliphatic rings. The van der Waals surface area contributed by atoms with Crippen LogP contribution in [0.2, 0.25) is 0 Å². The molecule has 0 radical (unpaired) electrons. The fraction of sp³-hybridized carbons (Fsp3) is 0.833. The molecule has 4 bridgehead atoms. The summed E-state index contributed by atoms with van der Waals surface area (Å²) in [5.41, 5.74) is -0.587. The molecule has 4 aliphatic carbocycles. The molecular formula is C24H36O5. The summed E-state index contributed by atoms with van der Waals surface area (Å²) >= 11 is 0. The van der Waals surface area contributed by atoms with E-state index < -0.39 is 5.41 Å². The standard InChI is InChI=1S/C24H36O5/c1-22(2,3)21(27)29-14-12-23-11-9-16-18(26)7-5-10-24(16)19(23)8-4-6-17(23)20(24)28-15-13-25/h4,6,16-17,19-20,25H,5,7-15H2,1-3H3/t16?,17?,19-,20?,23-,24+/m1/s1. The van der Waals surface area contributed by atoms with Crippen LogP contribution in [0.25, 0.3) is 0 Å². The first-order valence-electron chi connectivity index (χ1n) is 11.4. The highest BCUT2D eigenvalue weighted by Gasteiger charge is 2.73. The van der Waals surface area contributed by atoms with Gasteiger partial charge in [0.15, 0.2) is 0 Å². The first-order chi connectivity index (χ1) is 13.8. The normalized spacial score (nSPS) is 40.6. The van der Waals surface area contributed by atoms with Crippen molar-refractivity contribution >= 4 is 11.8 Å². The molecule has 0 aromatic rings. The Morgan fingerprint density at radius 2 is 2.07 bits per heavy atom. The lowest BCUT2D eigenvalue weighted by Gasteiger charge is -2.55. The summed E-state index contributed by atoms with van der Waals surface area (Å²) in [5, 5.41) is 9.43. The van der Waals surface area contributed by atoms with Crippen LogP contribution in [-0.4, -0.2) is 42.8 Å². The van der Waals surface area contributed by atoms with E-state index in [0.29, 0.717) is 31.3 Å². The largest absolute Gasteiger partial charge is 0.465 e. The third-order valence-corrected chi connectivity index (χ3v) is 8.35. The van der Waals surface area contributed by atoms with Gasteiger partial charge in [0.1, 0.15) is 5.78 Å². The quantitative estimate of drug-likeness (QED) is 0.540. The Morgan fingerprint density at radius 3 is 2.79 bits per heavy atom. The number of carbonyl (C=O) groups is 2. The average Bonchev–Trinajstić information content (AvgIpc) is 2.79. The number of allylic oxidation sites excluding steroid dienone is 1. The summed E-state index contributed by atoms with van der Waals surface area (Å²) in [5.74, 6) is 0.966. The van der Waals surface area contributed by atoms with E-state index >= 15 is 0 Å². The van der Waals surface area contributed by atoms with E-state index in [4.69, 9.17) is 9.47 Å². The Kier molecular flexibility index (Phi) is 5.44. The molecule has 0 aromatic heterocycles. The van der Waals surface area contributed by atoms with Gasteiger partial charge in [-0.2, -0.15) is 0 Å². The monoisotopic (exact) mass is 404 g/mol. The SMILES string of the molecule is CC(C)(C)C(=O)OCC[C@]12CCC3C(=O)CCC[C@]34C(OCCO)C1C=CC[C@H]24. The summed E-state index contributed by atoms with van der Waals surface area (Å²) in [7, 11) is 0. The van der Waals surface area contributed by atoms with Gasteiger partial charge in [0, 0.05) is 23.7 Å². The second-order valence-electron chi connectivity index (χ2n) is 10.6. The van der Waals surface area contributed by atoms with E-state index in [1.54, 1.807) is 0 Å². The molecule has 0 aliphatic heterocycles. The Hall–Kier alpha value is -1.20. The van der Waals surface area contributed by atoms with Gasteiger partial charge in [-0.15, -0.1) is 0 Å². The molecule has 3 saturated carbocycles. The minimum atomic E-state index is -0.495. The Morgan fingerprint density at radius 1 is 1.28 bits per heavy atom. The molecule has 4 rings (SSSR count). The lowest BCUT2D eigenvalue weighted by Crippen LogP contribution is -2.53. The topological polar surface area (TPSA) is 72.8 Å². The van der Waals surface area contributed by atoms with Crippen LogP contribution in [0.5, 0.6) is 0 Å². The van der Waals surface area contributed by atoms with Gasteiger partial charge in [-0.25, -0.2) is 0 Å². The third-order valence-electron chi connectivity index (χ3n) is 8.35. The number of aliphatic hydroxyl groups excluding tert-OH is 1. The smallest absolute Gasteiger partial charge is 0.311 e. The fourth-order valence-corrected chi connectivity index (χ4v) is 7.32. The molecule has 0 aromatic carbocycles. The molecule has 5 heteroatoms. The van der Waals surface area contributed by atoms with Crippen molar-refractivity contribution in [1.82, 2.24) is 0 Å². The maximum atomic E-state index is 12.9. The molecule has 3 unspecified atom stereocenters. The van der Waals surface area contributed by atoms with Crippen LogP contribution in [0.1, 0.15) is 65.7 Å². The fourth-order valence-electron chi connectivity index (χ4n) is 7.32. The van der Waals surface area contributed by atoms with Crippen molar-refractivity contribution in [2.24, 2.45) is 34.0 Å². The minimum Gasteiger partial charge on any atom is -0.465 e. The van der Waals surface area contributed by atoms with E-state index in [2.05, 4.69) is 12.2 Å². The number of carbonyl (C=O) groups excluding carboxylic acids is 2. The lowest BCUT2D eigenvalue weighted by atomic mass is 9.49.